The number of hydrogen-bond acceptors (Lipinski definition) is 2. The van der Waals surface area contributed by atoms with Crippen LogP contribution in [0.4, 0.5) is 8.78 Å². The third-order valence-corrected chi connectivity index (χ3v) is 4.52. The molecule has 1 aromatic heterocycles. The van der Waals surface area contributed by atoms with Gasteiger partial charge in [-0.3, -0.25) is 0 Å². The Hall–Kier alpha value is -1.27. The molecule has 110 valence electrons. The average Bonchev–Trinajstić information content (AvgIpc) is 2.71. The highest BCUT2D eigenvalue weighted by atomic mass is 32.2. The van der Waals surface area contributed by atoms with Gasteiger partial charge in [-0.05, 0) is 33.8 Å². The van der Waals surface area contributed by atoms with Crippen molar-refractivity contribution in [3.8, 4) is 0 Å². The molecular formula is C14H17F2NO2S. The highest BCUT2D eigenvalue weighted by Crippen LogP contribution is 2.27. The third kappa shape index (κ3) is 3.07. The lowest BCUT2D eigenvalue weighted by atomic mass is 10.2. The quantitative estimate of drug-likeness (QED) is 0.936. The molecule has 1 heterocycles. The van der Waals surface area contributed by atoms with Crippen molar-refractivity contribution in [2.24, 2.45) is 0 Å². The molecule has 1 unspecified atom stereocenters. The van der Waals surface area contributed by atoms with Gasteiger partial charge in [0.15, 0.2) is 0 Å². The number of benzene rings is 1. The van der Waals surface area contributed by atoms with Gasteiger partial charge in [0.1, 0.15) is 23.0 Å². The van der Waals surface area contributed by atoms with Crippen LogP contribution in [-0.2, 0) is 11.0 Å². The van der Waals surface area contributed by atoms with E-state index in [-0.39, 0.29) is 17.0 Å². The average molecular weight is 301 g/mol. The Morgan fingerprint density at radius 2 is 1.90 bits per heavy atom. The summed E-state index contributed by atoms with van der Waals surface area (Å²) in [4.78, 5) is 0. The van der Waals surface area contributed by atoms with Gasteiger partial charge in [-0.2, -0.15) is 0 Å². The van der Waals surface area contributed by atoms with E-state index in [2.05, 4.69) is 4.72 Å². The van der Waals surface area contributed by atoms with Crippen molar-refractivity contribution in [3.05, 3.63) is 35.6 Å². The van der Waals surface area contributed by atoms with Gasteiger partial charge in [0.2, 0.25) is 0 Å². The number of furan rings is 1. The molecule has 0 amide bonds. The monoisotopic (exact) mass is 301 g/mol. The second kappa shape index (κ2) is 5.26. The first-order chi connectivity index (χ1) is 9.18. The number of hydrogen-bond donors (Lipinski definition) is 1. The molecule has 1 aromatic carbocycles. The van der Waals surface area contributed by atoms with E-state index in [1.807, 2.05) is 20.8 Å². The van der Waals surface area contributed by atoms with E-state index >= 15 is 0 Å². The van der Waals surface area contributed by atoms with E-state index in [1.54, 1.807) is 6.92 Å². The van der Waals surface area contributed by atoms with Crippen LogP contribution in [0.5, 0.6) is 0 Å². The third-order valence-electron chi connectivity index (χ3n) is 2.84. The summed E-state index contributed by atoms with van der Waals surface area (Å²) in [6.07, 6.45) is 0. The van der Waals surface area contributed by atoms with Gasteiger partial charge in [0.05, 0.1) is 27.2 Å². The van der Waals surface area contributed by atoms with Crippen LogP contribution in [0.1, 0.15) is 39.5 Å². The topological polar surface area (TPSA) is 42.2 Å². The minimum atomic E-state index is -1.28. The first-order valence-electron chi connectivity index (χ1n) is 6.25. The summed E-state index contributed by atoms with van der Waals surface area (Å²) in [6, 6.07) is 3.08. The molecule has 2 atom stereocenters. The number of halogens is 2. The van der Waals surface area contributed by atoms with Crippen LogP contribution in [0.3, 0.4) is 0 Å². The Morgan fingerprint density at radius 3 is 2.50 bits per heavy atom. The maximum Gasteiger partial charge on any atom is 0.140 e. The summed E-state index contributed by atoms with van der Waals surface area (Å²) in [7, 11) is -1.28. The number of rotatable bonds is 3. The van der Waals surface area contributed by atoms with Crippen LogP contribution in [0.25, 0.3) is 11.0 Å². The second-order valence-corrected chi connectivity index (χ2v) is 7.67. The molecule has 0 saturated carbocycles. The minimum absolute atomic E-state index is 0.146. The van der Waals surface area contributed by atoms with E-state index in [9.17, 15) is 13.0 Å². The van der Waals surface area contributed by atoms with Gasteiger partial charge < -0.3 is 4.42 Å². The zero-order valence-electron chi connectivity index (χ0n) is 11.8. The molecule has 0 spiro atoms. The smallest absolute Gasteiger partial charge is 0.140 e. The van der Waals surface area contributed by atoms with E-state index < -0.39 is 27.4 Å². The summed E-state index contributed by atoms with van der Waals surface area (Å²) < 4.78 is 46.6. The highest BCUT2D eigenvalue weighted by Gasteiger charge is 2.23. The first kappa shape index (κ1) is 15.1. The summed E-state index contributed by atoms with van der Waals surface area (Å²) in [5.41, 5.74) is 0.146. The van der Waals surface area contributed by atoms with Crippen molar-refractivity contribution in [3.63, 3.8) is 0 Å². The zero-order chi connectivity index (χ0) is 15.1. The Labute approximate surface area is 118 Å². The van der Waals surface area contributed by atoms with Crippen LogP contribution in [0.2, 0.25) is 0 Å². The Balaban J connectivity index is 2.29. The molecule has 20 heavy (non-hydrogen) atoms. The second-order valence-electron chi connectivity index (χ2n) is 5.67. The predicted molar refractivity (Wildman–Crippen MR) is 75.6 cm³/mol. The summed E-state index contributed by atoms with van der Waals surface area (Å²) in [5, 5.41) is 0.219. The lowest BCUT2D eigenvalue weighted by molar-refractivity contribution is 0.489. The van der Waals surface area contributed by atoms with Gasteiger partial charge in [0.25, 0.3) is 0 Å². The first-order valence-corrected chi connectivity index (χ1v) is 7.40. The van der Waals surface area contributed by atoms with Gasteiger partial charge >= 0.3 is 0 Å². The van der Waals surface area contributed by atoms with Crippen LogP contribution >= 0.6 is 0 Å². The lowest BCUT2D eigenvalue weighted by Gasteiger charge is -2.20. The largest absolute Gasteiger partial charge is 0.459 e. The number of nitrogens with one attached hydrogen (secondary N) is 1. The maximum absolute atomic E-state index is 13.6. The molecule has 3 nitrogen and oxygen atoms in total. The Morgan fingerprint density at radius 1 is 1.25 bits per heavy atom. The zero-order valence-corrected chi connectivity index (χ0v) is 12.6. The normalized spacial score (nSPS) is 15.5. The van der Waals surface area contributed by atoms with E-state index in [4.69, 9.17) is 4.42 Å². The molecule has 0 saturated heterocycles. The van der Waals surface area contributed by atoms with E-state index in [1.165, 1.54) is 6.07 Å². The molecular weight excluding hydrogens is 284 g/mol. The molecule has 2 rings (SSSR count). The van der Waals surface area contributed by atoms with Crippen molar-refractivity contribution in [1.29, 1.82) is 0 Å². The number of fused-ring (bicyclic) bond motifs is 1. The van der Waals surface area contributed by atoms with Crippen LogP contribution in [0, 0.1) is 11.6 Å². The fraction of sp³-hybridized carbons (Fsp3) is 0.429. The summed E-state index contributed by atoms with van der Waals surface area (Å²) in [5.74, 6) is -0.934. The van der Waals surface area contributed by atoms with Gasteiger partial charge in [-0.25, -0.2) is 17.7 Å². The Bertz CT molecular complexity index is 661. The van der Waals surface area contributed by atoms with Crippen molar-refractivity contribution in [1.82, 2.24) is 4.72 Å². The standard InChI is InChI=1S/C14H17F2NO2S/c1-8(17-20(18)14(2,3)4)12-7-10-11(16)5-9(15)6-13(10)19-12/h5-8,17H,1-4H3/t8-,20?/m1/s1. The lowest BCUT2D eigenvalue weighted by Crippen LogP contribution is -2.34. The summed E-state index contributed by atoms with van der Waals surface area (Å²) in [6.45, 7) is 7.29. The van der Waals surface area contributed by atoms with Crippen molar-refractivity contribution < 1.29 is 17.4 Å². The minimum Gasteiger partial charge on any atom is -0.459 e. The van der Waals surface area contributed by atoms with Crippen LogP contribution in [0.15, 0.2) is 22.6 Å². The summed E-state index contributed by atoms with van der Waals surface area (Å²) >= 11 is 0. The van der Waals surface area contributed by atoms with E-state index in [0.29, 0.717) is 5.76 Å². The van der Waals surface area contributed by atoms with Gasteiger partial charge in [-0.1, -0.05) is 0 Å². The van der Waals surface area contributed by atoms with E-state index in [0.717, 1.165) is 12.1 Å². The van der Waals surface area contributed by atoms with Crippen molar-refractivity contribution >= 4 is 22.0 Å². The molecule has 0 bridgehead atoms. The molecule has 2 aromatic rings. The SMILES string of the molecule is C[C@@H](NS(=O)C(C)(C)C)c1cc2c(F)cc(F)cc2o1. The highest BCUT2D eigenvalue weighted by molar-refractivity contribution is 7.84. The fourth-order valence-electron chi connectivity index (χ4n) is 1.69. The van der Waals surface area contributed by atoms with Crippen molar-refractivity contribution in [2.75, 3.05) is 0 Å². The van der Waals surface area contributed by atoms with Crippen LogP contribution in [-0.4, -0.2) is 8.96 Å². The molecule has 0 aliphatic carbocycles. The predicted octanol–water partition coefficient (Wildman–Crippen LogP) is 3.82. The molecule has 1 N–H and O–H groups in total. The molecule has 0 fully saturated rings. The molecule has 6 heteroatoms. The molecule has 0 aliphatic heterocycles. The fourth-order valence-corrected chi connectivity index (χ4v) is 2.48. The van der Waals surface area contributed by atoms with Gasteiger partial charge in [-0.15, -0.1) is 0 Å². The van der Waals surface area contributed by atoms with Crippen molar-refractivity contribution in [2.45, 2.75) is 38.5 Å². The molecule has 0 radical (unpaired) electrons. The van der Waals surface area contributed by atoms with Crippen LogP contribution < -0.4 is 4.72 Å². The maximum atomic E-state index is 13.6. The Kier molecular flexibility index (Phi) is 3.97. The molecule has 0 aliphatic rings. The van der Waals surface area contributed by atoms with Gasteiger partial charge in [0, 0.05) is 12.1 Å².